The van der Waals surface area contributed by atoms with Crippen LogP contribution in [0.15, 0.2) is 11.1 Å². The van der Waals surface area contributed by atoms with Gasteiger partial charge in [0.2, 0.25) is 5.88 Å². The molecule has 1 aliphatic carbocycles. The Balaban J connectivity index is 2.13. The highest BCUT2D eigenvalue weighted by atomic mass is 35.5. The number of H-pyrrole nitrogens is 1. The first-order chi connectivity index (χ1) is 8.22. The van der Waals surface area contributed by atoms with Crippen molar-refractivity contribution in [1.82, 2.24) is 15.3 Å². The Morgan fingerprint density at radius 1 is 1.53 bits per heavy atom. The lowest BCUT2D eigenvalue weighted by molar-refractivity contribution is 0.112. The van der Waals surface area contributed by atoms with Gasteiger partial charge >= 0.3 is 0 Å². The lowest BCUT2D eigenvalue weighted by Gasteiger charge is -2.31. The molecule has 0 saturated heterocycles. The fourth-order valence-corrected chi connectivity index (χ4v) is 2.31. The van der Waals surface area contributed by atoms with Crippen molar-refractivity contribution in [2.75, 3.05) is 7.05 Å². The first kappa shape index (κ1) is 12.4. The van der Waals surface area contributed by atoms with Gasteiger partial charge < -0.3 is 15.0 Å². The van der Waals surface area contributed by atoms with Gasteiger partial charge in [0, 0.05) is 6.04 Å². The molecule has 2 atom stereocenters. The molecule has 1 heterocycles. The summed E-state index contributed by atoms with van der Waals surface area (Å²) in [6.45, 7) is 0. The molecule has 6 heteroatoms. The van der Waals surface area contributed by atoms with Gasteiger partial charge in [-0.3, -0.25) is 4.79 Å². The normalized spacial score (nSPS) is 24.6. The molecular weight excluding hydrogens is 242 g/mol. The minimum absolute atomic E-state index is 0.0212. The number of rotatable bonds is 3. The zero-order valence-electron chi connectivity index (χ0n) is 9.70. The van der Waals surface area contributed by atoms with E-state index in [1.54, 1.807) is 0 Å². The van der Waals surface area contributed by atoms with E-state index in [9.17, 15) is 4.79 Å². The fraction of sp³-hybridized carbons (Fsp3) is 0.636. The van der Waals surface area contributed by atoms with Crippen LogP contribution in [0.5, 0.6) is 5.88 Å². The van der Waals surface area contributed by atoms with Crippen LogP contribution in [0.4, 0.5) is 0 Å². The SMILES string of the molecule is CNC1CCCCC1Oc1nc[nH]c(=O)c1Cl. The third-order valence-corrected chi connectivity index (χ3v) is 3.43. The second kappa shape index (κ2) is 5.51. The molecule has 0 bridgehead atoms. The Labute approximate surface area is 105 Å². The number of nitrogens with one attached hydrogen (secondary N) is 2. The Morgan fingerprint density at radius 2 is 2.29 bits per heavy atom. The van der Waals surface area contributed by atoms with Crippen LogP contribution in [-0.2, 0) is 0 Å². The first-order valence-electron chi connectivity index (χ1n) is 5.79. The van der Waals surface area contributed by atoms with Crippen LogP contribution in [0, 0.1) is 0 Å². The Hall–Kier alpha value is -1.07. The van der Waals surface area contributed by atoms with Crippen molar-refractivity contribution >= 4 is 11.6 Å². The van der Waals surface area contributed by atoms with E-state index in [1.807, 2.05) is 7.05 Å². The number of ether oxygens (including phenoxy) is 1. The van der Waals surface area contributed by atoms with Gasteiger partial charge in [-0.25, -0.2) is 4.98 Å². The molecule has 94 valence electrons. The summed E-state index contributed by atoms with van der Waals surface area (Å²) in [5, 5.41) is 3.25. The van der Waals surface area contributed by atoms with Crippen molar-refractivity contribution in [3.8, 4) is 5.88 Å². The topological polar surface area (TPSA) is 67.0 Å². The predicted molar refractivity (Wildman–Crippen MR) is 65.6 cm³/mol. The van der Waals surface area contributed by atoms with Gasteiger partial charge in [-0.05, 0) is 26.3 Å². The maximum atomic E-state index is 11.3. The Kier molecular flexibility index (Phi) is 4.02. The minimum atomic E-state index is -0.367. The van der Waals surface area contributed by atoms with E-state index in [2.05, 4.69) is 15.3 Å². The van der Waals surface area contributed by atoms with Gasteiger partial charge in [-0.15, -0.1) is 0 Å². The van der Waals surface area contributed by atoms with E-state index in [1.165, 1.54) is 12.7 Å². The molecule has 17 heavy (non-hydrogen) atoms. The monoisotopic (exact) mass is 257 g/mol. The molecule has 0 radical (unpaired) electrons. The number of hydrogen-bond donors (Lipinski definition) is 2. The van der Waals surface area contributed by atoms with Crippen molar-refractivity contribution in [2.24, 2.45) is 0 Å². The van der Waals surface area contributed by atoms with E-state index in [-0.39, 0.29) is 22.6 Å². The molecular formula is C11H16ClN3O2. The van der Waals surface area contributed by atoms with Crippen LogP contribution < -0.4 is 15.6 Å². The standard InChI is InChI=1S/C11H16ClN3O2/c1-13-7-4-2-3-5-8(7)17-11-9(12)10(16)14-6-15-11/h6-8,13H,2-5H2,1H3,(H,14,15,16). The molecule has 1 aliphatic rings. The third-order valence-electron chi connectivity index (χ3n) is 3.10. The van der Waals surface area contributed by atoms with Gasteiger partial charge in [0.15, 0.2) is 5.02 Å². The van der Waals surface area contributed by atoms with E-state index in [0.717, 1.165) is 19.3 Å². The highest BCUT2D eigenvalue weighted by Gasteiger charge is 2.26. The van der Waals surface area contributed by atoms with E-state index in [0.29, 0.717) is 6.04 Å². The summed E-state index contributed by atoms with van der Waals surface area (Å²) in [6.07, 6.45) is 5.69. The molecule has 1 aromatic heterocycles. The van der Waals surface area contributed by atoms with Gasteiger partial charge in [-0.1, -0.05) is 18.0 Å². The Bertz CT molecular complexity index is 435. The van der Waals surface area contributed by atoms with Gasteiger partial charge in [0.25, 0.3) is 5.56 Å². The lowest BCUT2D eigenvalue weighted by atomic mass is 9.92. The van der Waals surface area contributed by atoms with Crippen LogP contribution in [-0.4, -0.2) is 29.2 Å². The van der Waals surface area contributed by atoms with Crippen LogP contribution in [0.3, 0.4) is 0 Å². The first-order valence-corrected chi connectivity index (χ1v) is 6.17. The molecule has 0 aromatic carbocycles. The molecule has 0 spiro atoms. The zero-order chi connectivity index (χ0) is 12.3. The predicted octanol–water partition coefficient (Wildman–Crippen LogP) is 1.33. The van der Waals surface area contributed by atoms with E-state index in [4.69, 9.17) is 16.3 Å². The van der Waals surface area contributed by atoms with E-state index >= 15 is 0 Å². The maximum Gasteiger partial charge on any atom is 0.273 e. The average Bonchev–Trinajstić information content (AvgIpc) is 2.35. The summed E-state index contributed by atoms with van der Waals surface area (Å²) in [6, 6.07) is 0.293. The summed E-state index contributed by atoms with van der Waals surface area (Å²) >= 11 is 5.85. The second-order valence-corrected chi connectivity index (χ2v) is 4.56. The molecule has 0 aliphatic heterocycles. The molecule has 2 rings (SSSR count). The van der Waals surface area contributed by atoms with Crippen molar-refractivity contribution in [2.45, 2.75) is 37.8 Å². The molecule has 5 nitrogen and oxygen atoms in total. The van der Waals surface area contributed by atoms with Crippen LogP contribution in [0.25, 0.3) is 0 Å². The average molecular weight is 258 g/mol. The highest BCUT2D eigenvalue weighted by molar-refractivity contribution is 6.31. The number of hydrogen-bond acceptors (Lipinski definition) is 4. The number of aromatic nitrogens is 2. The van der Waals surface area contributed by atoms with Gasteiger partial charge in [0.05, 0.1) is 6.33 Å². The quantitative estimate of drug-likeness (QED) is 0.857. The van der Waals surface area contributed by atoms with Crippen molar-refractivity contribution in [3.63, 3.8) is 0 Å². The largest absolute Gasteiger partial charge is 0.471 e. The Morgan fingerprint density at radius 3 is 3.06 bits per heavy atom. The number of aromatic amines is 1. The van der Waals surface area contributed by atoms with Gasteiger partial charge in [-0.2, -0.15) is 0 Å². The molecule has 1 saturated carbocycles. The minimum Gasteiger partial charge on any atom is -0.471 e. The van der Waals surface area contributed by atoms with Crippen LogP contribution >= 0.6 is 11.6 Å². The highest BCUT2D eigenvalue weighted by Crippen LogP contribution is 2.25. The molecule has 2 N–H and O–H groups in total. The van der Waals surface area contributed by atoms with Crippen molar-refractivity contribution in [1.29, 1.82) is 0 Å². The molecule has 1 aromatic rings. The summed E-state index contributed by atoms with van der Waals surface area (Å²) < 4.78 is 5.74. The molecule has 2 unspecified atom stereocenters. The lowest BCUT2D eigenvalue weighted by Crippen LogP contribution is -2.43. The summed E-state index contributed by atoms with van der Waals surface area (Å²) in [7, 11) is 1.92. The summed E-state index contributed by atoms with van der Waals surface area (Å²) in [4.78, 5) is 17.7. The van der Waals surface area contributed by atoms with Crippen molar-refractivity contribution < 1.29 is 4.74 Å². The van der Waals surface area contributed by atoms with Crippen LogP contribution in [0.1, 0.15) is 25.7 Å². The summed E-state index contributed by atoms with van der Waals surface area (Å²) in [5.41, 5.74) is -0.367. The number of likely N-dealkylation sites (N-methyl/N-ethyl adjacent to an activating group) is 1. The number of halogens is 1. The third kappa shape index (κ3) is 2.79. The number of nitrogens with zero attached hydrogens (tertiary/aromatic N) is 1. The van der Waals surface area contributed by atoms with Gasteiger partial charge in [0.1, 0.15) is 6.10 Å². The molecule has 1 fully saturated rings. The van der Waals surface area contributed by atoms with Crippen LogP contribution in [0.2, 0.25) is 5.02 Å². The fourth-order valence-electron chi connectivity index (χ4n) is 2.16. The summed E-state index contributed by atoms with van der Waals surface area (Å²) in [5.74, 6) is 0.225. The smallest absolute Gasteiger partial charge is 0.273 e. The zero-order valence-corrected chi connectivity index (χ0v) is 10.5. The van der Waals surface area contributed by atoms with E-state index < -0.39 is 0 Å². The molecule has 0 amide bonds. The maximum absolute atomic E-state index is 11.3. The van der Waals surface area contributed by atoms with Crippen molar-refractivity contribution in [3.05, 3.63) is 21.7 Å². The second-order valence-electron chi connectivity index (χ2n) is 4.19.